The van der Waals surface area contributed by atoms with Gasteiger partial charge in [0.2, 0.25) is 0 Å². The molecule has 0 aliphatic heterocycles. The molecule has 0 unspecified atom stereocenters. The molecule has 0 aliphatic rings. The molecule has 2 rings (SSSR count). The van der Waals surface area contributed by atoms with E-state index in [2.05, 4.69) is 10.2 Å². The van der Waals surface area contributed by atoms with Crippen molar-refractivity contribution in [2.24, 2.45) is 0 Å². The molecule has 0 saturated heterocycles. The maximum atomic E-state index is 13.5. The zero-order chi connectivity index (χ0) is 12.3. The molecule has 0 saturated carbocycles. The molecule has 84 valence electrons. The number of nitrogens with zero attached hydrogens (tertiary/aromatic N) is 3. The Morgan fingerprint density at radius 1 is 1.35 bits per heavy atom. The van der Waals surface area contributed by atoms with Gasteiger partial charge in [-0.05, 0) is 18.2 Å². The molecule has 6 heteroatoms. The number of hydrogen-bond donors (Lipinski definition) is 0. The van der Waals surface area contributed by atoms with Gasteiger partial charge in [-0.15, -0.1) is 5.10 Å². The standard InChI is InChI=1S/C11H5ClFN3O/c12-8-2-1-3-9(10(8)13)17-11-7(6-14)4-5-15-16-11/h1-5H. The Bertz CT molecular complexity index is 598. The molecule has 0 bridgehead atoms. The highest BCUT2D eigenvalue weighted by Gasteiger charge is 2.11. The maximum Gasteiger partial charge on any atom is 0.257 e. The predicted octanol–water partition coefficient (Wildman–Crippen LogP) is 2.93. The van der Waals surface area contributed by atoms with Gasteiger partial charge in [0.1, 0.15) is 11.6 Å². The SMILES string of the molecule is N#Cc1ccnnc1Oc1cccc(Cl)c1F. The number of ether oxygens (including phenoxy) is 1. The fourth-order valence-electron chi connectivity index (χ4n) is 1.15. The van der Waals surface area contributed by atoms with Crippen LogP contribution in [0.4, 0.5) is 4.39 Å². The van der Waals surface area contributed by atoms with Crippen LogP contribution in [0.15, 0.2) is 30.5 Å². The third-order valence-electron chi connectivity index (χ3n) is 1.93. The van der Waals surface area contributed by atoms with E-state index >= 15 is 0 Å². The molecule has 0 fully saturated rings. The first-order valence-corrected chi connectivity index (χ1v) is 4.94. The first kappa shape index (κ1) is 11.3. The number of rotatable bonds is 2. The Hall–Kier alpha value is -2.19. The maximum absolute atomic E-state index is 13.5. The molecular formula is C11H5ClFN3O. The van der Waals surface area contributed by atoms with Crippen molar-refractivity contribution in [3.05, 3.63) is 46.9 Å². The lowest BCUT2D eigenvalue weighted by Crippen LogP contribution is -1.95. The van der Waals surface area contributed by atoms with E-state index in [0.29, 0.717) is 0 Å². The van der Waals surface area contributed by atoms with Gasteiger partial charge < -0.3 is 4.74 Å². The zero-order valence-electron chi connectivity index (χ0n) is 8.39. The molecule has 0 spiro atoms. The molecule has 1 heterocycles. The Kier molecular flexibility index (Phi) is 3.17. The lowest BCUT2D eigenvalue weighted by molar-refractivity contribution is 0.421. The van der Waals surface area contributed by atoms with Gasteiger partial charge in [-0.1, -0.05) is 17.7 Å². The third kappa shape index (κ3) is 2.32. The van der Waals surface area contributed by atoms with E-state index in [1.54, 1.807) is 0 Å². The van der Waals surface area contributed by atoms with Crippen LogP contribution < -0.4 is 4.74 Å². The van der Waals surface area contributed by atoms with Crippen molar-refractivity contribution in [2.45, 2.75) is 0 Å². The molecule has 17 heavy (non-hydrogen) atoms. The molecule has 0 aliphatic carbocycles. The number of hydrogen-bond acceptors (Lipinski definition) is 4. The van der Waals surface area contributed by atoms with Crippen LogP contribution in [-0.2, 0) is 0 Å². The third-order valence-corrected chi connectivity index (χ3v) is 2.22. The largest absolute Gasteiger partial charge is 0.433 e. The van der Waals surface area contributed by atoms with Crippen LogP contribution in [0.3, 0.4) is 0 Å². The highest BCUT2D eigenvalue weighted by Crippen LogP contribution is 2.28. The minimum atomic E-state index is -0.705. The van der Waals surface area contributed by atoms with Crippen LogP contribution in [0.25, 0.3) is 0 Å². The van der Waals surface area contributed by atoms with Crippen molar-refractivity contribution >= 4 is 11.6 Å². The van der Waals surface area contributed by atoms with Gasteiger partial charge >= 0.3 is 0 Å². The van der Waals surface area contributed by atoms with E-state index in [1.165, 1.54) is 30.5 Å². The summed E-state index contributed by atoms with van der Waals surface area (Å²) in [7, 11) is 0. The summed E-state index contributed by atoms with van der Waals surface area (Å²) >= 11 is 5.60. The van der Waals surface area contributed by atoms with Gasteiger partial charge in [-0.25, -0.2) is 4.39 Å². The van der Waals surface area contributed by atoms with Gasteiger partial charge in [0.05, 0.1) is 11.2 Å². The van der Waals surface area contributed by atoms with E-state index in [0.717, 1.165) is 0 Å². The molecule has 2 aromatic rings. The Morgan fingerprint density at radius 2 is 2.18 bits per heavy atom. The molecule has 1 aromatic carbocycles. The monoisotopic (exact) mass is 249 g/mol. The van der Waals surface area contributed by atoms with Gasteiger partial charge in [0, 0.05) is 0 Å². The summed E-state index contributed by atoms with van der Waals surface area (Å²) in [6.45, 7) is 0. The summed E-state index contributed by atoms with van der Waals surface area (Å²) in [4.78, 5) is 0. The number of benzene rings is 1. The first-order valence-electron chi connectivity index (χ1n) is 4.56. The second-order valence-electron chi connectivity index (χ2n) is 3.02. The second-order valence-corrected chi connectivity index (χ2v) is 3.42. The van der Waals surface area contributed by atoms with E-state index in [9.17, 15) is 4.39 Å². The lowest BCUT2D eigenvalue weighted by atomic mass is 10.3. The summed E-state index contributed by atoms with van der Waals surface area (Å²) in [6.07, 6.45) is 1.35. The molecule has 1 aromatic heterocycles. The Balaban J connectivity index is 2.39. The van der Waals surface area contributed by atoms with Crippen LogP contribution in [-0.4, -0.2) is 10.2 Å². The van der Waals surface area contributed by atoms with Crippen molar-refractivity contribution in [1.82, 2.24) is 10.2 Å². The average Bonchev–Trinajstić information content (AvgIpc) is 2.35. The predicted molar refractivity (Wildman–Crippen MR) is 58.2 cm³/mol. The normalized spacial score (nSPS) is 9.71. The van der Waals surface area contributed by atoms with Crippen molar-refractivity contribution in [2.75, 3.05) is 0 Å². The van der Waals surface area contributed by atoms with Crippen molar-refractivity contribution in [3.8, 4) is 17.7 Å². The summed E-state index contributed by atoms with van der Waals surface area (Å²) in [6, 6.07) is 7.60. The molecule has 0 atom stereocenters. The second kappa shape index (κ2) is 4.76. The van der Waals surface area contributed by atoms with Gasteiger partial charge in [-0.3, -0.25) is 0 Å². The fourth-order valence-corrected chi connectivity index (χ4v) is 1.31. The lowest BCUT2D eigenvalue weighted by Gasteiger charge is -2.06. The van der Waals surface area contributed by atoms with Gasteiger partial charge in [0.25, 0.3) is 5.88 Å². The summed E-state index contributed by atoms with van der Waals surface area (Å²) in [5.74, 6) is -0.866. The van der Waals surface area contributed by atoms with Crippen molar-refractivity contribution < 1.29 is 9.13 Å². The topological polar surface area (TPSA) is 58.8 Å². The summed E-state index contributed by atoms with van der Waals surface area (Å²) < 4.78 is 18.7. The van der Waals surface area contributed by atoms with Crippen LogP contribution >= 0.6 is 11.6 Å². The fraction of sp³-hybridized carbons (Fsp3) is 0. The average molecular weight is 250 g/mol. The summed E-state index contributed by atoms with van der Waals surface area (Å²) in [5.41, 5.74) is 0.166. The summed E-state index contributed by atoms with van der Waals surface area (Å²) in [5, 5.41) is 15.9. The van der Waals surface area contributed by atoms with Crippen molar-refractivity contribution in [1.29, 1.82) is 5.26 Å². The van der Waals surface area contributed by atoms with Crippen LogP contribution in [0.1, 0.15) is 5.56 Å². The van der Waals surface area contributed by atoms with Gasteiger partial charge in [-0.2, -0.15) is 10.4 Å². The highest BCUT2D eigenvalue weighted by atomic mass is 35.5. The van der Waals surface area contributed by atoms with Crippen LogP contribution in [0.2, 0.25) is 5.02 Å². The molecule has 0 radical (unpaired) electrons. The van der Waals surface area contributed by atoms with Crippen LogP contribution in [0, 0.1) is 17.1 Å². The van der Waals surface area contributed by atoms with E-state index in [1.807, 2.05) is 6.07 Å². The Morgan fingerprint density at radius 3 is 2.94 bits per heavy atom. The quantitative estimate of drug-likeness (QED) is 0.821. The zero-order valence-corrected chi connectivity index (χ0v) is 9.15. The minimum Gasteiger partial charge on any atom is -0.433 e. The highest BCUT2D eigenvalue weighted by molar-refractivity contribution is 6.30. The van der Waals surface area contributed by atoms with E-state index < -0.39 is 5.82 Å². The smallest absolute Gasteiger partial charge is 0.257 e. The van der Waals surface area contributed by atoms with E-state index in [4.69, 9.17) is 21.6 Å². The van der Waals surface area contributed by atoms with Gasteiger partial charge in [0.15, 0.2) is 11.6 Å². The van der Waals surface area contributed by atoms with Crippen LogP contribution in [0.5, 0.6) is 11.6 Å². The first-order chi connectivity index (χ1) is 8.22. The molecule has 0 N–H and O–H groups in total. The van der Waals surface area contributed by atoms with E-state index in [-0.39, 0.29) is 22.2 Å². The molecule has 0 amide bonds. The number of halogens is 2. The number of aromatic nitrogens is 2. The Labute approximate surface area is 101 Å². The molecule has 4 nitrogen and oxygen atoms in total. The number of nitriles is 1. The minimum absolute atomic E-state index is 0.0591. The molecular weight excluding hydrogens is 245 g/mol. The van der Waals surface area contributed by atoms with Crippen molar-refractivity contribution in [3.63, 3.8) is 0 Å².